The van der Waals surface area contributed by atoms with Crippen LogP contribution in [-0.2, 0) is 4.79 Å². The molecule has 3 heteroatoms. The van der Waals surface area contributed by atoms with Gasteiger partial charge in [-0.15, -0.1) is 0 Å². The Morgan fingerprint density at radius 3 is 2.83 bits per heavy atom. The molecule has 0 N–H and O–H groups in total. The molecule has 0 bridgehead atoms. The second-order valence-electron chi connectivity index (χ2n) is 5.36. The lowest BCUT2D eigenvalue weighted by molar-refractivity contribution is -0.132. The average Bonchev–Trinajstić information content (AvgIpc) is 2.77. The van der Waals surface area contributed by atoms with Gasteiger partial charge in [0, 0.05) is 18.5 Å². The van der Waals surface area contributed by atoms with Crippen molar-refractivity contribution in [3.63, 3.8) is 0 Å². The van der Waals surface area contributed by atoms with E-state index in [0.717, 1.165) is 19.4 Å². The summed E-state index contributed by atoms with van der Waals surface area (Å²) in [7, 11) is 0. The van der Waals surface area contributed by atoms with Crippen LogP contribution < -0.4 is 0 Å². The molecule has 0 spiro atoms. The second-order valence-corrected chi connectivity index (χ2v) is 5.36. The maximum absolute atomic E-state index is 13.8. The normalized spacial score (nSPS) is 19.6. The van der Waals surface area contributed by atoms with Crippen LogP contribution in [0.15, 0.2) is 24.3 Å². The molecule has 0 saturated carbocycles. The third-order valence-electron chi connectivity index (χ3n) is 3.42. The van der Waals surface area contributed by atoms with Crippen LogP contribution in [0.2, 0.25) is 0 Å². The van der Waals surface area contributed by atoms with E-state index in [1.54, 1.807) is 12.1 Å². The number of carbonyl (C=O) groups excluding carboxylic acids is 1. The lowest BCUT2D eigenvalue weighted by atomic mass is 10.0. The van der Waals surface area contributed by atoms with Crippen LogP contribution in [0.3, 0.4) is 0 Å². The Kier molecular flexibility index (Phi) is 4.00. The maximum Gasteiger partial charge on any atom is 0.223 e. The first-order valence-corrected chi connectivity index (χ1v) is 6.63. The minimum atomic E-state index is -0.202. The molecule has 0 aliphatic carbocycles. The van der Waals surface area contributed by atoms with Crippen LogP contribution in [0.5, 0.6) is 0 Å². The Balaban J connectivity index is 2.18. The van der Waals surface area contributed by atoms with Crippen LogP contribution in [-0.4, -0.2) is 17.4 Å². The Morgan fingerprint density at radius 1 is 1.44 bits per heavy atom. The van der Waals surface area contributed by atoms with Gasteiger partial charge in [0.1, 0.15) is 5.82 Å². The molecule has 1 heterocycles. The Labute approximate surface area is 108 Å². The summed E-state index contributed by atoms with van der Waals surface area (Å²) in [5, 5.41) is 0. The lowest BCUT2D eigenvalue weighted by Crippen LogP contribution is -2.31. The molecule has 1 aliphatic rings. The summed E-state index contributed by atoms with van der Waals surface area (Å²) in [5.74, 6) is 0.293. The fraction of sp³-hybridized carbons (Fsp3) is 0.533. The topological polar surface area (TPSA) is 20.3 Å². The van der Waals surface area contributed by atoms with E-state index >= 15 is 0 Å². The number of nitrogens with zero attached hydrogens (tertiary/aromatic N) is 1. The van der Waals surface area contributed by atoms with E-state index in [0.29, 0.717) is 17.9 Å². The Bertz CT molecular complexity index is 430. The first-order chi connectivity index (χ1) is 8.59. The van der Waals surface area contributed by atoms with Gasteiger partial charge in [-0.25, -0.2) is 4.39 Å². The van der Waals surface area contributed by atoms with E-state index in [-0.39, 0.29) is 17.8 Å². The first kappa shape index (κ1) is 13.1. The van der Waals surface area contributed by atoms with E-state index in [4.69, 9.17) is 0 Å². The third kappa shape index (κ3) is 2.71. The predicted molar refractivity (Wildman–Crippen MR) is 69.5 cm³/mol. The molecular formula is C15H20FNO. The molecule has 1 saturated heterocycles. The fourth-order valence-corrected chi connectivity index (χ4v) is 2.60. The van der Waals surface area contributed by atoms with Gasteiger partial charge in [-0.3, -0.25) is 4.79 Å². The number of amides is 1. The number of carbonyl (C=O) groups is 1. The van der Waals surface area contributed by atoms with Crippen LogP contribution >= 0.6 is 0 Å². The molecule has 18 heavy (non-hydrogen) atoms. The maximum atomic E-state index is 13.8. The zero-order valence-corrected chi connectivity index (χ0v) is 11.0. The molecule has 1 amide bonds. The number of halogens is 1. The highest BCUT2D eigenvalue weighted by Gasteiger charge is 2.31. The second kappa shape index (κ2) is 5.51. The van der Waals surface area contributed by atoms with E-state index < -0.39 is 0 Å². The van der Waals surface area contributed by atoms with Crippen molar-refractivity contribution in [2.24, 2.45) is 5.92 Å². The van der Waals surface area contributed by atoms with Gasteiger partial charge in [0.2, 0.25) is 5.91 Å². The van der Waals surface area contributed by atoms with Gasteiger partial charge in [0.05, 0.1) is 6.04 Å². The average molecular weight is 249 g/mol. The van der Waals surface area contributed by atoms with E-state index in [1.165, 1.54) is 6.07 Å². The largest absolute Gasteiger partial charge is 0.336 e. The highest BCUT2D eigenvalue weighted by molar-refractivity contribution is 5.77. The van der Waals surface area contributed by atoms with E-state index in [9.17, 15) is 9.18 Å². The summed E-state index contributed by atoms with van der Waals surface area (Å²) in [6, 6.07) is 6.72. The summed E-state index contributed by atoms with van der Waals surface area (Å²) < 4.78 is 13.8. The molecule has 98 valence electrons. The van der Waals surface area contributed by atoms with Gasteiger partial charge in [-0.2, -0.15) is 0 Å². The lowest BCUT2D eigenvalue weighted by Gasteiger charge is -2.26. The first-order valence-electron chi connectivity index (χ1n) is 6.63. The van der Waals surface area contributed by atoms with Crippen molar-refractivity contribution in [3.05, 3.63) is 35.6 Å². The molecule has 1 fully saturated rings. The highest BCUT2D eigenvalue weighted by atomic mass is 19.1. The Hall–Kier alpha value is -1.38. The van der Waals surface area contributed by atoms with Crippen LogP contribution in [0.4, 0.5) is 4.39 Å². The summed E-state index contributed by atoms with van der Waals surface area (Å²) in [6.07, 6.45) is 2.37. The Morgan fingerprint density at radius 2 is 2.17 bits per heavy atom. The van der Waals surface area contributed by atoms with Crippen molar-refractivity contribution in [1.82, 2.24) is 4.90 Å². The monoisotopic (exact) mass is 249 g/mol. The molecule has 1 aliphatic heterocycles. The van der Waals surface area contributed by atoms with Crippen molar-refractivity contribution in [2.45, 2.75) is 39.2 Å². The minimum Gasteiger partial charge on any atom is -0.336 e. The fourth-order valence-electron chi connectivity index (χ4n) is 2.60. The third-order valence-corrected chi connectivity index (χ3v) is 3.42. The van der Waals surface area contributed by atoms with Gasteiger partial charge in [-0.05, 0) is 24.8 Å². The van der Waals surface area contributed by atoms with Crippen LogP contribution in [0, 0.1) is 11.7 Å². The number of benzene rings is 1. The van der Waals surface area contributed by atoms with Gasteiger partial charge in [0.15, 0.2) is 0 Å². The smallest absolute Gasteiger partial charge is 0.223 e. The molecule has 0 aromatic heterocycles. The zero-order chi connectivity index (χ0) is 13.1. The minimum absolute atomic E-state index is 0.0718. The zero-order valence-electron chi connectivity index (χ0n) is 11.0. The van der Waals surface area contributed by atoms with Gasteiger partial charge in [0.25, 0.3) is 0 Å². The number of hydrogen-bond donors (Lipinski definition) is 0. The van der Waals surface area contributed by atoms with Crippen molar-refractivity contribution < 1.29 is 9.18 Å². The van der Waals surface area contributed by atoms with Crippen LogP contribution in [0.1, 0.15) is 44.7 Å². The van der Waals surface area contributed by atoms with Gasteiger partial charge in [-0.1, -0.05) is 32.0 Å². The van der Waals surface area contributed by atoms with Gasteiger partial charge >= 0.3 is 0 Å². The summed E-state index contributed by atoms with van der Waals surface area (Å²) in [6.45, 7) is 4.82. The standard InChI is InChI=1S/C15H20FNO/c1-11(2)10-15(18)17-9-5-8-14(17)12-6-3-4-7-13(12)16/h3-4,6-7,11,14H,5,8-10H2,1-2H3/t14-/m0/s1. The molecule has 1 aromatic carbocycles. The van der Waals surface area contributed by atoms with Crippen LogP contribution in [0.25, 0.3) is 0 Å². The summed E-state index contributed by atoms with van der Waals surface area (Å²) >= 11 is 0. The van der Waals surface area contributed by atoms with E-state index in [1.807, 2.05) is 24.8 Å². The summed E-state index contributed by atoms with van der Waals surface area (Å²) in [5.41, 5.74) is 0.659. The molecule has 0 unspecified atom stereocenters. The van der Waals surface area contributed by atoms with Gasteiger partial charge < -0.3 is 4.90 Å². The van der Waals surface area contributed by atoms with Crippen molar-refractivity contribution in [2.75, 3.05) is 6.54 Å². The number of rotatable bonds is 3. The van der Waals surface area contributed by atoms with Crippen molar-refractivity contribution >= 4 is 5.91 Å². The van der Waals surface area contributed by atoms with Crippen molar-refractivity contribution in [1.29, 1.82) is 0 Å². The molecule has 0 radical (unpaired) electrons. The number of hydrogen-bond acceptors (Lipinski definition) is 1. The quantitative estimate of drug-likeness (QED) is 0.802. The van der Waals surface area contributed by atoms with Crippen molar-refractivity contribution in [3.8, 4) is 0 Å². The molecular weight excluding hydrogens is 229 g/mol. The molecule has 2 nitrogen and oxygen atoms in total. The molecule has 1 atom stereocenters. The predicted octanol–water partition coefficient (Wildman–Crippen LogP) is 3.54. The van der Waals surface area contributed by atoms with E-state index in [2.05, 4.69) is 0 Å². The SMILES string of the molecule is CC(C)CC(=O)N1CCC[C@H]1c1ccccc1F. The molecule has 2 rings (SSSR count). The highest BCUT2D eigenvalue weighted by Crippen LogP contribution is 2.34. The number of likely N-dealkylation sites (tertiary alicyclic amines) is 1. The summed E-state index contributed by atoms with van der Waals surface area (Å²) in [4.78, 5) is 14.0. The molecule has 1 aromatic rings.